The largest absolute Gasteiger partial charge is 0.462 e. The highest BCUT2D eigenvalue weighted by molar-refractivity contribution is 5.71. The Labute approximate surface area is 253 Å². The van der Waals surface area contributed by atoms with Crippen molar-refractivity contribution in [3.63, 3.8) is 0 Å². The van der Waals surface area contributed by atoms with Crippen molar-refractivity contribution in [2.75, 3.05) is 13.2 Å². The fourth-order valence-electron chi connectivity index (χ4n) is 4.91. The zero-order valence-corrected chi connectivity index (χ0v) is 27.3. The number of esters is 3. The first kappa shape index (κ1) is 39.4. The second kappa shape index (κ2) is 31.3. The van der Waals surface area contributed by atoms with E-state index in [1.807, 2.05) is 0 Å². The zero-order valence-electron chi connectivity index (χ0n) is 27.3. The van der Waals surface area contributed by atoms with Crippen molar-refractivity contribution in [3.8, 4) is 0 Å². The minimum absolute atomic E-state index is 0.0657. The highest BCUT2D eigenvalue weighted by atomic mass is 16.6. The summed E-state index contributed by atoms with van der Waals surface area (Å²) in [6.07, 6.45) is 26.8. The molecule has 0 aromatic carbocycles. The van der Waals surface area contributed by atoms with Gasteiger partial charge in [-0.1, -0.05) is 149 Å². The van der Waals surface area contributed by atoms with Gasteiger partial charge in [-0.05, 0) is 19.3 Å². The molecule has 0 aliphatic rings. The zero-order chi connectivity index (χ0) is 30.2. The van der Waals surface area contributed by atoms with E-state index < -0.39 is 6.10 Å². The third-order valence-electron chi connectivity index (χ3n) is 7.61. The number of hydrogen-bond acceptors (Lipinski definition) is 6. The van der Waals surface area contributed by atoms with Gasteiger partial charge in [0.15, 0.2) is 6.10 Å². The fraction of sp³-hybridized carbons (Fsp3) is 0.914. The van der Waals surface area contributed by atoms with Crippen molar-refractivity contribution in [1.82, 2.24) is 0 Å². The molecule has 6 nitrogen and oxygen atoms in total. The first-order valence-corrected chi connectivity index (χ1v) is 17.5. The Bertz CT molecular complexity index is 605. The smallest absolute Gasteiger partial charge is 0.306 e. The Hall–Kier alpha value is -1.59. The second-order valence-electron chi connectivity index (χ2n) is 11.8. The molecule has 0 heterocycles. The third-order valence-corrected chi connectivity index (χ3v) is 7.61. The quantitative estimate of drug-likeness (QED) is 0.0459. The third kappa shape index (κ3) is 29.7. The van der Waals surface area contributed by atoms with Crippen molar-refractivity contribution >= 4 is 17.9 Å². The Morgan fingerprint density at radius 1 is 0.390 bits per heavy atom. The summed E-state index contributed by atoms with van der Waals surface area (Å²) in [7, 11) is 0. The standard InChI is InChI=1S/C35H66O6/c1-4-7-10-13-16-17-20-22-25-28-34(37)40-31-32(41-35(38)29-26-23-19-15-12-9-6-3)30-39-33(36)27-24-21-18-14-11-8-5-2/h32H,4-31H2,1-3H3/t32-/m1/s1. The van der Waals surface area contributed by atoms with Crippen molar-refractivity contribution in [2.24, 2.45) is 0 Å². The minimum Gasteiger partial charge on any atom is -0.462 e. The summed E-state index contributed by atoms with van der Waals surface area (Å²) >= 11 is 0. The van der Waals surface area contributed by atoms with Crippen molar-refractivity contribution in [1.29, 1.82) is 0 Å². The molecule has 1 atom stereocenters. The van der Waals surface area contributed by atoms with E-state index in [-0.39, 0.29) is 31.1 Å². The van der Waals surface area contributed by atoms with Gasteiger partial charge in [0.1, 0.15) is 13.2 Å². The SMILES string of the molecule is CCCCCCCCCCCC(=O)OC[C@@H](COC(=O)CCCCCCCCC)OC(=O)CCCCCCCCC. The lowest BCUT2D eigenvalue weighted by atomic mass is 10.1. The summed E-state index contributed by atoms with van der Waals surface area (Å²) in [5.41, 5.74) is 0. The van der Waals surface area contributed by atoms with Crippen LogP contribution < -0.4 is 0 Å². The number of unbranched alkanes of at least 4 members (excludes halogenated alkanes) is 20. The maximum atomic E-state index is 12.4. The Kier molecular flexibility index (Phi) is 30.1. The van der Waals surface area contributed by atoms with E-state index in [1.54, 1.807) is 0 Å². The number of carbonyl (C=O) groups excluding carboxylic acids is 3. The van der Waals surface area contributed by atoms with Crippen LogP contribution in [0.5, 0.6) is 0 Å². The van der Waals surface area contributed by atoms with Crippen LogP contribution in [0.3, 0.4) is 0 Å². The van der Waals surface area contributed by atoms with Crippen LogP contribution in [0.2, 0.25) is 0 Å². The summed E-state index contributed by atoms with van der Waals surface area (Å²) < 4.78 is 16.4. The summed E-state index contributed by atoms with van der Waals surface area (Å²) in [4.78, 5) is 37.0. The average Bonchev–Trinajstić information content (AvgIpc) is 2.96. The van der Waals surface area contributed by atoms with E-state index in [2.05, 4.69) is 20.8 Å². The van der Waals surface area contributed by atoms with E-state index >= 15 is 0 Å². The minimum atomic E-state index is -0.753. The Balaban J connectivity index is 4.34. The van der Waals surface area contributed by atoms with E-state index in [4.69, 9.17) is 14.2 Å². The molecule has 0 unspecified atom stereocenters. The van der Waals surface area contributed by atoms with E-state index in [9.17, 15) is 14.4 Å². The van der Waals surface area contributed by atoms with E-state index in [0.717, 1.165) is 57.8 Å². The molecule has 0 aromatic heterocycles. The van der Waals surface area contributed by atoms with Crippen LogP contribution in [-0.4, -0.2) is 37.2 Å². The fourth-order valence-corrected chi connectivity index (χ4v) is 4.91. The van der Waals surface area contributed by atoms with Crippen LogP contribution in [0, 0.1) is 0 Å². The predicted molar refractivity (Wildman–Crippen MR) is 169 cm³/mol. The van der Waals surface area contributed by atoms with E-state index in [0.29, 0.717) is 19.3 Å². The molecule has 0 saturated carbocycles. The topological polar surface area (TPSA) is 78.9 Å². The summed E-state index contributed by atoms with van der Waals surface area (Å²) in [6, 6.07) is 0. The lowest BCUT2D eigenvalue weighted by Gasteiger charge is -2.18. The summed E-state index contributed by atoms with van der Waals surface area (Å²) in [5.74, 6) is -0.884. The predicted octanol–water partition coefficient (Wildman–Crippen LogP) is 10.2. The lowest BCUT2D eigenvalue weighted by Crippen LogP contribution is -2.30. The van der Waals surface area contributed by atoms with Gasteiger partial charge in [-0.3, -0.25) is 14.4 Å². The van der Waals surface area contributed by atoms with Crippen molar-refractivity contribution < 1.29 is 28.6 Å². The van der Waals surface area contributed by atoms with E-state index in [1.165, 1.54) is 89.9 Å². The van der Waals surface area contributed by atoms with Crippen molar-refractivity contribution in [3.05, 3.63) is 0 Å². The highest BCUT2D eigenvalue weighted by Gasteiger charge is 2.19. The molecule has 0 amide bonds. The molecule has 0 N–H and O–H groups in total. The average molecular weight is 583 g/mol. The number of carbonyl (C=O) groups is 3. The molecule has 0 fully saturated rings. The van der Waals surface area contributed by atoms with Crippen LogP contribution in [-0.2, 0) is 28.6 Å². The molecule has 0 radical (unpaired) electrons. The lowest BCUT2D eigenvalue weighted by molar-refractivity contribution is -0.167. The molecule has 0 rings (SSSR count). The highest BCUT2D eigenvalue weighted by Crippen LogP contribution is 2.13. The van der Waals surface area contributed by atoms with Gasteiger partial charge in [-0.25, -0.2) is 0 Å². The second-order valence-corrected chi connectivity index (χ2v) is 11.8. The van der Waals surface area contributed by atoms with Gasteiger partial charge in [-0.2, -0.15) is 0 Å². The van der Waals surface area contributed by atoms with Crippen LogP contribution in [0.4, 0.5) is 0 Å². The van der Waals surface area contributed by atoms with Gasteiger partial charge >= 0.3 is 17.9 Å². The van der Waals surface area contributed by atoms with Crippen LogP contribution in [0.1, 0.15) is 188 Å². The maximum absolute atomic E-state index is 12.4. The van der Waals surface area contributed by atoms with Crippen LogP contribution in [0.15, 0.2) is 0 Å². The molecule has 0 saturated heterocycles. The van der Waals surface area contributed by atoms with Gasteiger partial charge in [-0.15, -0.1) is 0 Å². The Morgan fingerprint density at radius 2 is 0.659 bits per heavy atom. The van der Waals surface area contributed by atoms with Crippen LogP contribution >= 0.6 is 0 Å². The van der Waals surface area contributed by atoms with Gasteiger partial charge in [0, 0.05) is 19.3 Å². The molecule has 41 heavy (non-hydrogen) atoms. The first-order chi connectivity index (χ1) is 20.0. The number of rotatable bonds is 31. The first-order valence-electron chi connectivity index (χ1n) is 17.5. The molecule has 0 aliphatic heterocycles. The molecule has 0 bridgehead atoms. The molecular weight excluding hydrogens is 516 g/mol. The number of ether oxygens (including phenoxy) is 3. The van der Waals surface area contributed by atoms with Gasteiger partial charge < -0.3 is 14.2 Å². The molecule has 0 spiro atoms. The molecule has 0 aliphatic carbocycles. The molecule has 0 aromatic rings. The van der Waals surface area contributed by atoms with Gasteiger partial charge in [0.2, 0.25) is 0 Å². The van der Waals surface area contributed by atoms with Crippen LogP contribution in [0.25, 0.3) is 0 Å². The summed E-state index contributed by atoms with van der Waals surface area (Å²) in [5, 5.41) is 0. The Morgan fingerprint density at radius 3 is 0.976 bits per heavy atom. The van der Waals surface area contributed by atoms with Gasteiger partial charge in [0.25, 0.3) is 0 Å². The maximum Gasteiger partial charge on any atom is 0.306 e. The monoisotopic (exact) mass is 582 g/mol. The van der Waals surface area contributed by atoms with Crippen molar-refractivity contribution in [2.45, 2.75) is 194 Å². The summed E-state index contributed by atoms with van der Waals surface area (Å²) in [6.45, 7) is 6.50. The number of hydrogen-bond donors (Lipinski definition) is 0. The molecule has 6 heteroatoms. The molecule has 242 valence electrons. The molecular formula is C35H66O6. The normalized spacial score (nSPS) is 11.8. The van der Waals surface area contributed by atoms with Gasteiger partial charge in [0.05, 0.1) is 0 Å².